The van der Waals surface area contributed by atoms with Crippen molar-refractivity contribution < 1.29 is 24.2 Å². The molecule has 1 aliphatic rings. The van der Waals surface area contributed by atoms with Crippen LogP contribution in [0.2, 0.25) is 0 Å². The third-order valence-corrected chi connectivity index (χ3v) is 2.88. The fourth-order valence-electron chi connectivity index (χ4n) is 1.72. The molecule has 1 amide bonds. The maximum absolute atomic E-state index is 11.6. The molecule has 1 fully saturated rings. The number of carbonyl (C=O) groups is 3. The SMILES string of the molecule is COC(=O)C1(NC(=O)[C@@H](N)CC(=O)O)CCC1. The minimum Gasteiger partial charge on any atom is -0.481 e. The summed E-state index contributed by atoms with van der Waals surface area (Å²) in [4.78, 5) is 33.5. The van der Waals surface area contributed by atoms with Gasteiger partial charge >= 0.3 is 11.9 Å². The van der Waals surface area contributed by atoms with Gasteiger partial charge in [0, 0.05) is 0 Å². The first-order valence-electron chi connectivity index (χ1n) is 5.29. The minimum absolute atomic E-state index is 0.469. The standard InChI is InChI=1S/C10H16N2O5/c1-17-9(16)10(3-2-4-10)12-8(15)6(11)5-7(13)14/h6H,2-5,11H2,1H3,(H,12,15)(H,13,14)/t6-/m0/s1. The quantitative estimate of drug-likeness (QED) is 0.534. The van der Waals surface area contributed by atoms with E-state index in [2.05, 4.69) is 10.1 Å². The number of hydrogen-bond acceptors (Lipinski definition) is 5. The van der Waals surface area contributed by atoms with Crippen molar-refractivity contribution in [2.75, 3.05) is 7.11 Å². The predicted octanol–water partition coefficient (Wildman–Crippen LogP) is -1.000. The molecule has 1 atom stereocenters. The zero-order valence-corrected chi connectivity index (χ0v) is 9.56. The number of carbonyl (C=O) groups excluding carboxylic acids is 2. The molecule has 4 N–H and O–H groups in total. The smallest absolute Gasteiger partial charge is 0.331 e. The van der Waals surface area contributed by atoms with E-state index >= 15 is 0 Å². The van der Waals surface area contributed by atoms with E-state index in [1.165, 1.54) is 7.11 Å². The first-order chi connectivity index (χ1) is 7.91. The molecule has 17 heavy (non-hydrogen) atoms. The number of esters is 1. The summed E-state index contributed by atoms with van der Waals surface area (Å²) in [7, 11) is 1.24. The number of ether oxygens (including phenoxy) is 1. The number of amides is 1. The van der Waals surface area contributed by atoms with Crippen molar-refractivity contribution in [3.05, 3.63) is 0 Å². The lowest BCUT2D eigenvalue weighted by molar-refractivity contribution is -0.155. The molecule has 96 valence electrons. The van der Waals surface area contributed by atoms with E-state index in [0.29, 0.717) is 12.8 Å². The van der Waals surface area contributed by atoms with Crippen molar-refractivity contribution in [2.45, 2.75) is 37.3 Å². The molecule has 0 aromatic rings. The summed E-state index contributed by atoms with van der Waals surface area (Å²) in [5, 5.41) is 11.0. The molecule has 0 radical (unpaired) electrons. The lowest BCUT2D eigenvalue weighted by atomic mass is 9.76. The first kappa shape index (κ1) is 13.4. The fourth-order valence-corrected chi connectivity index (χ4v) is 1.72. The molecule has 7 heteroatoms. The van der Waals surface area contributed by atoms with Gasteiger partial charge in [-0.25, -0.2) is 4.79 Å². The van der Waals surface area contributed by atoms with Crippen LogP contribution in [-0.2, 0) is 19.1 Å². The van der Waals surface area contributed by atoms with E-state index in [1.807, 2.05) is 0 Å². The third-order valence-electron chi connectivity index (χ3n) is 2.88. The van der Waals surface area contributed by atoms with E-state index in [1.54, 1.807) is 0 Å². The van der Waals surface area contributed by atoms with E-state index in [-0.39, 0.29) is 0 Å². The van der Waals surface area contributed by atoms with Crippen LogP contribution in [0.3, 0.4) is 0 Å². The molecule has 0 aromatic carbocycles. The van der Waals surface area contributed by atoms with Crippen LogP contribution in [0.15, 0.2) is 0 Å². The molecule has 0 saturated heterocycles. The second-order valence-corrected chi connectivity index (χ2v) is 4.12. The van der Waals surface area contributed by atoms with Crippen LogP contribution >= 0.6 is 0 Å². The Kier molecular flexibility index (Phi) is 4.06. The Labute approximate surface area is 98.3 Å². The number of nitrogens with two attached hydrogens (primary N) is 1. The highest BCUT2D eigenvalue weighted by molar-refractivity contribution is 5.92. The Hall–Kier alpha value is -1.63. The number of nitrogens with one attached hydrogen (secondary N) is 1. The zero-order chi connectivity index (χ0) is 13.1. The van der Waals surface area contributed by atoms with Crippen LogP contribution in [-0.4, -0.2) is 41.6 Å². The van der Waals surface area contributed by atoms with Gasteiger partial charge in [0.1, 0.15) is 5.54 Å². The molecule has 1 rings (SSSR count). The van der Waals surface area contributed by atoms with Crippen molar-refractivity contribution >= 4 is 17.8 Å². The predicted molar refractivity (Wildman–Crippen MR) is 57.0 cm³/mol. The third kappa shape index (κ3) is 2.94. The van der Waals surface area contributed by atoms with Gasteiger partial charge in [-0.1, -0.05) is 0 Å². The number of methoxy groups -OCH3 is 1. The van der Waals surface area contributed by atoms with Crippen LogP contribution in [0.25, 0.3) is 0 Å². The molecule has 0 spiro atoms. The number of carboxylic acid groups (broad SMARTS) is 1. The highest BCUT2D eigenvalue weighted by Crippen LogP contribution is 2.33. The van der Waals surface area contributed by atoms with Gasteiger partial charge in [-0.2, -0.15) is 0 Å². The summed E-state index contributed by atoms with van der Waals surface area (Å²) >= 11 is 0. The van der Waals surface area contributed by atoms with Gasteiger partial charge in [-0.15, -0.1) is 0 Å². The summed E-state index contributed by atoms with van der Waals surface area (Å²) in [6.07, 6.45) is 1.32. The van der Waals surface area contributed by atoms with Crippen molar-refractivity contribution in [3.8, 4) is 0 Å². The van der Waals surface area contributed by atoms with Crippen molar-refractivity contribution in [3.63, 3.8) is 0 Å². The second-order valence-electron chi connectivity index (χ2n) is 4.12. The van der Waals surface area contributed by atoms with E-state index in [4.69, 9.17) is 10.8 Å². The van der Waals surface area contributed by atoms with E-state index < -0.39 is 35.8 Å². The Morgan fingerprint density at radius 3 is 2.41 bits per heavy atom. The zero-order valence-electron chi connectivity index (χ0n) is 9.56. The highest BCUT2D eigenvalue weighted by Gasteiger charge is 2.47. The molecule has 0 bridgehead atoms. The van der Waals surface area contributed by atoms with Gasteiger partial charge in [0.25, 0.3) is 0 Å². The topological polar surface area (TPSA) is 119 Å². The average Bonchev–Trinajstić information content (AvgIpc) is 2.20. The molecule has 1 saturated carbocycles. The number of aliphatic carboxylic acids is 1. The Balaban J connectivity index is 2.60. The second kappa shape index (κ2) is 5.13. The van der Waals surface area contributed by atoms with Gasteiger partial charge in [0.2, 0.25) is 5.91 Å². The fraction of sp³-hybridized carbons (Fsp3) is 0.700. The maximum atomic E-state index is 11.6. The Morgan fingerprint density at radius 1 is 1.47 bits per heavy atom. The lowest BCUT2D eigenvalue weighted by Gasteiger charge is -2.39. The summed E-state index contributed by atoms with van der Waals surface area (Å²) in [6.45, 7) is 0. The monoisotopic (exact) mass is 244 g/mol. The summed E-state index contributed by atoms with van der Waals surface area (Å²) < 4.78 is 4.61. The largest absolute Gasteiger partial charge is 0.481 e. The van der Waals surface area contributed by atoms with Crippen LogP contribution in [0.5, 0.6) is 0 Å². The number of carboxylic acids is 1. The Bertz CT molecular complexity index is 338. The maximum Gasteiger partial charge on any atom is 0.331 e. The van der Waals surface area contributed by atoms with Crippen LogP contribution < -0.4 is 11.1 Å². The summed E-state index contributed by atoms with van der Waals surface area (Å²) in [5.41, 5.74) is 4.39. The van der Waals surface area contributed by atoms with Gasteiger partial charge in [0.05, 0.1) is 19.6 Å². The van der Waals surface area contributed by atoms with Gasteiger partial charge in [-0.05, 0) is 19.3 Å². The van der Waals surface area contributed by atoms with Crippen LogP contribution in [0, 0.1) is 0 Å². The molecule has 0 unspecified atom stereocenters. The Morgan fingerprint density at radius 2 is 2.06 bits per heavy atom. The summed E-state index contributed by atoms with van der Waals surface area (Å²) in [6, 6.07) is -1.16. The number of hydrogen-bond donors (Lipinski definition) is 3. The van der Waals surface area contributed by atoms with Gasteiger partial charge in [-0.3, -0.25) is 9.59 Å². The molecule has 0 aliphatic heterocycles. The summed E-state index contributed by atoms with van der Waals surface area (Å²) in [5.74, 6) is -2.31. The molecular weight excluding hydrogens is 228 g/mol. The van der Waals surface area contributed by atoms with Gasteiger partial charge < -0.3 is 20.9 Å². The molecular formula is C10H16N2O5. The van der Waals surface area contributed by atoms with E-state index in [0.717, 1.165) is 6.42 Å². The first-order valence-corrected chi connectivity index (χ1v) is 5.29. The molecule has 7 nitrogen and oxygen atoms in total. The minimum atomic E-state index is -1.16. The highest BCUT2D eigenvalue weighted by atomic mass is 16.5. The van der Waals surface area contributed by atoms with E-state index in [9.17, 15) is 14.4 Å². The van der Waals surface area contributed by atoms with Crippen molar-refractivity contribution in [1.29, 1.82) is 0 Å². The van der Waals surface area contributed by atoms with Gasteiger partial charge in [0.15, 0.2) is 0 Å². The molecule has 0 heterocycles. The van der Waals surface area contributed by atoms with Crippen LogP contribution in [0.4, 0.5) is 0 Å². The lowest BCUT2D eigenvalue weighted by Crippen LogP contribution is -2.62. The van der Waals surface area contributed by atoms with Crippen LogP contribution in [0.1, 0.15) is 25.7 Å². The average molecular weight is 244 g/mol. The van der Waals surface area contributed by atoms with Crippen molar-refractivity contribution in [2.24, 2.45) is 5.73 Å². The normalized spacial score (nSPS) is 18.7. The number of rotatable bonds is 5. The van der Waals surface area contributed by atoms with Crippen molar-refractivity contribution in [1.82, 2.24) is 5.32 Å². The molecule has 1 aliphatic carbocycles. The molecule has 0 aromatic heterocycles.